The lowest BCUT2D eigenvalue weighted by Crippen LogP contribution is -2.33. The smallest absolute Gasteiger partial charge is 0.295 e. The molecule has 6 nitrogen and oxygen atoms in total. The molecule has 1 fully saturated rings. The lowest BCUT2D eigenvalue weighted by atomic mass is 9.92. The molecule has 1 heterocycles. The van der Waals surface area contributed by atoms with Crippen LogP contribution in [0, 0.1) is 6.92 Å². The van der Waals surface area contributed by atoms with E-state index in [4.69, 9.17) is 21.1 Å². The third-order valence-corrected chi connectivity index (χ3v) is 5.54. The van der Waals surface area contributed by atoms with Crippen LogP contribution in [0.5, 0.6) is 5.75 Å². The number of rotatable bonds is 7. The molecule has 0 spiro atoms. The number of aliphatic hydroxyl groups excluding tert-OH is 1. The lowest BCUT2D eigenvalue weighted by Gasteiger charge is -2.26. The van der Waals surface area contributed by atoms with E-state index >= 15 is 0 Å². The molecule has 1 amide bonds. The summed E-state index contributed by atoms with van der Waals surface area (Å²) in [6.07, 6.45) is -0.00438. The Morgan fingerprint density at radius 2 is 1.90 bits per heavy atom. The predicted octanol–water partition coefficient (Wildman–Crippen LogP) is 4.50. The van der Waals surface area contributed by atoms with Gasteiger partial charge in [0.1, 0.15) is 11.5 Å². The number of halogens is 1. The highest BCUT2D eigenvalue weighted by Gasteiger charge is 2.46. The van der Waals surface area contributed by atoms with Crippen molar-refractivity contribution in [2.75, 3.05) is 20.3 Å². The van der Waals surface area contributed by atoms with Crippen LogP contribution < -0.4 is 4.74 Å². The average molecular weight is 444 g/mol. The molecule has 2 aromatic rings. The zero-order valence-corrected chi connectivity index (χ0v) is 18.8. The second-order valence-corrected chi connectivity index (χ2v) is 8.03. The van der Waals surface area contributed by atoms with Crippen LogP contribution in [0.4, 0.5) is 0 Å². The number of carbonyl (C=O) groups is 2. The average Bonchev–Trinajstić information content (AvgIpc) is 2.98. The third-order valence-electron chi connectivity index (χ3n) is 5.23. The first-order valence-corrected chi connectivity index (χ1v) is 10.4. The summed E-state index contributed by atoms with van der Waals surface area (Å²) < 4.78 is 10.8. The highest BCUT2D eigenvalue weighted by Crippen LogP contribution is 2.41. The van der Waals surface area contributed by atoms with Gasteiger partial charge in [-0.1, -0.05) is 35.9 Å². The summed E-state index contributed by atoms with van der Waals surface area (Å²) in [6, 6.07) is 11.5. The van der Waals surface area contributed by atoms with E-state index in [2.05, 4.69) is 0 Å². The number of methoxy groups -OCH3 is 1. The number of nitrogens with zero attached hydrogens (tertiary/aromatic N) is 1. The standard InChI is InChI=1S/C24H26ClNO5/c1-14(2)31-12-11-26-21(17-8-6-5-7-15(17)3)20(23(28)24(26)29)22(27)16-9-10-18(25)19(13-16)30-4/h5-10,13-14,21,27H,11-12H2,1-4H3/b22-20+. The molecule has 7 heteroatoms. The Morgan fingerprint density at radius 3 is 2.55 bits per heavy atom. The van der Waals surface area contributed by atoms with Crippen molar-refractivity contribution in [1.82, 2.24) is 4.90 Å². The van der Waals surface area contributed by atoms with Gasteiger partial charge in [-0.25, -0.2) is 0 Å². The molecular weight excluding hydrogens is 418 g/mol. The molecule has 0 aromatic heterocycles. The number of ketones is 1. The van der Waals surface area contributed by atoms with Crippen LogP contribution >= 0.6 is 11.6 Å². The lowest BCUT2D eigenvalue weighted by molar-refractivity contribution is -0.140. The third kappa shape index (κ3) is 4.60. The van der Waals surface area contributed by atoms with Gasteiger partial charge in [0.25, 0.3) is 11.7 Å². The van der Waals surface area contributed by atoms with Gasteiger partial charge < -0.3 is 19.5 Å². The topological polar surface area (TPSA) is 76.1 Å². The van der Waals surface area contributed by atoms with Crippen molar-refractivity contribution in [2.24, 2.45) is 0 Å². The summed E-state index contributed by atoms with van der Waals surface area (Å²) >= 11 is 6.10. The fourth-order valence-corrected chi connectivity index (χ4v) is 3.87. The van der Waals surface area contributed by atoms with Gasteiger partial charge in [-0.3, -0.25) is 9.59 Å². The number of Topliss-reactive ketones (excluding diaryl/α,β-unsaturated/α-hetero) is 1. The fourth-order valence-electron chi connectivity index (χ4n) is 3.68. The predicted molar refractivity (Wildman–Crippen MR) is 119 cm³/mol. The summed E-state index contributed by atoms with van der Waals surface area (Å²) in [5.41, 5.74) is 2.06. The maximum absolute atomic E-state index is 13.0. The summed E-state index contributed by atoms with van der Waals surface area (Å²) in [7, 11) is 1.46. The van der Waals surface area contributed by atoms with E-state index < -0.39 is 17.7 Å². The normalized spacial score (nSPS) is 18.1. The highest BCUT2D eigenvalue weighted by atomic mass is 35.5. The van der Waals surface area contributed by atoms with Gasteiger partial charge in [0.2, 0.25) is 0 Å². The Kier molecular flexibility index (Phi) is 7.03. The largest absolute Gasteiger partial charge is 0.507 e. The summed E-state index contributed by atoms with van der Waals surface area (Å²) in [4.78, 5) is 27.4. The zero-order chi connectivity index (χ0) is 22.7. The molecule has 164 valence electrons. The Hall–Kier alpha value is -2.83. The van der Waals surface area contributed by atoms with Crippen molar-refractivity contribution in [1.29, 1.82) is 0 Å². The Morgan fingerprint density at radius 1 is 1.19 bits per heavy atom. The van der Waals surface area contributed by atoms with Gasteiger partial charge in [0.05, 0.1) is 36.5 Å². The molecule has 1 aliphatic rings. The number of aliphatic hydroxyl groups is 1. The van der Waals surface area contributed by atoms with Crippen LogP contribution in [-0.4, -0.2) is 48.1 Å². The molecule has 1 atom stereocenters. The highest BCUT2D eigenvalue weighted by molar-refractivity contribution is 6.46. The molecule has 0 aliphatic carbocycles. The molecule has 31 heavy (non-hydrogen) atoms. The molecule has 2 aromatic carbocycles. The molecule has 3 rings (SSSR count). The maximum Gasteiger partial charge on any atom is 0.295 e. The van der Waals surface area contributed by atoms with E-state index in [1.165, 1.54) is 12.0 Å². The van der Waals surface area contributed by atoms with E-state index in [0.29, 0.717) is 16.3 Å². The van der Waals surface area contributed by atoms with Crippen LogP contribution in [0.3, 0.4) is 0 Å². The molecule has 1 aliphatic heterocycles. The monoisotopic (exact) mass is 443 g/mol. The molecule has 0 radical (unpaired) electrons. The van der Waals surface area contributed by atoms with Crippen LogP contribution in [0.2, 0.25) is 5.02 Å². The first-order valence-electron chi connectivity index (χ1n) is 10.1. The van der Waals surface area contributed by atoms with Crippen LogP contribution in [0.25, 0.3) is 5.76 Å². The SMILES string of the molecule is COc1cc(/C(O)=C2\C(=O)C(=O)N(CCOC(C)C)C2c2ccccc2C)ccc1Cl. The molecule has 1 unspecified atom stereocenters. The molecule has 0 bridgehead atoms. The van der Waals surface area contributed by atoms with Gasteiger partial charge in [0, 0.05) is 12.1 Å². The Bertz CT molecular complexity index is 1030. The molecule has 0 saturated carbocycles. The van der Waals surface area contributed by atoms with Gasteiger partial charge >= 0.3 is 0 Å². The summed E-state index contributed by atoms with van der Waals surface area (Å²) in [5.74, 6) is -1.31. The fraction of sp³-hybridized carbons (Fsp3) is 0.333. The van der Waals surface area contributed by atoms with Crippen molar-refractivity contribution in [3.63, 3.8) is 0 Å². The molecular formula is C24H26ClNO5. The Balaban J connectivity index is 2.14. The number of benzene rings is 2. The number of amides is 1. The number of ether oxygens (including phenoxy) is 2. The van der Waals surface area contributed by atoms with E-state index in [9.17, 15) is 14.7 Å². The molecule has 1 saturated heterocycles. The second-order valence-electron chi connectivity index (χ2n) is 7.62. The van der Waals surface area contributed by atoms with Crippen molar-refractivity contribution in [2.45, 2.75) is 32.9 Å². The number of hydrogen-bond acceptors (Lipinski definition) is 5. The van der Waals surface area contributed by atoms with E-state index in [-0.39, 0.29) is 30.6 Å². The maximum atomic E-state index is 13.0. The van der Waals surface area contributed by atoms with E-state index in [1.54, 1.807) is 18.2 Å². The van der Waals surface area contributed by atoms with Gasteiger partial charge in [-0.2, -0.15) is 0 Å². The Labute approximate surface area is 187 Å². The van der Waals surface area contributed by atoms with Crippen molar-refractivity contribution in [3.8, 4) is 5.75 Å². The van der Waals surface area contributed by atoms with Crippen molar-refractivity contribution in [3.05, 3.63) is 69.8 Å². The van der Waals surface area contributed by atoms with Crippen LogP contribution in [-0.2, 0) is 14.3 Å². The number of aryl methyl sites for hydroxylation is 1. The minimum atomic E-state index is -0.732. The van der Waals surface area contributed by atoms with E-state index in [1.807, 2.05) is 45.0 Å². The van der Waals surface area contributed by atoms with Gasteiger partial charge in [-0.05, 0) is 50.1 Å². The van der Waals surface area contributed by atoms with Gasteiger partial charge in [-0.15, -0.1) is 0 Å². The summed E-state index contributed by atoms with van der Waals surface area (Å²) in [6.45, 7) is 6.22. The second kappa shape index (κ2) is 9.54. The minimum Gasteiger partial charge on any atom is -0.507 e. The van der Waals surface area contributed by atoms with Crippen molar-refractivity contribution >= 4 is 29.1 Å². The summed E-state index contributed by atoms with van der Waals surface area (Å²) in [5, 5.41) is 11.5. The number of carbonyl (C=O) groups excluding carboxylic acids is 2. The van der Waals surface area contributed by atoms with Crippen LogP contribution in [0.1, 0.15) is 36.6 Å². The van der Waals surface area contributed by atoms with Crippen LogP contribution in [0.15, 0.2) is 48.0 Å². The minimum absolute atomic E-state index is 0.00438. The van der Waals surface area contributed by atoms with Gasteiger partial charge in [0.15, 0.2) is 0 Å². The number of hydrogen-bond donors (Lipinski definition) is 1. The quantitative estimate of drug-likeness (QED) is 0.387. The van der Waals surface area contributed by atoms with E-state index in [0.717, 1.165) is 11.1 Å². The molecule has 1 N–H and O–H groups in total. The van der Waals surface area contributed by atoms with Crippen molar-refractivity contribution < 1.29 is 24.2 Å². The number of likely N-dealkylation sites (tertiary alicyclic amines) is 1. The zero-order valence-electron chi connectivity index (χ0n) is 18.0. The first-order chi connectivity index (χ1) is 14.8. The first kappa shape index (κ1) is 22.8.